The number of fused-ring (bicyclic) bond motifs is 1. The number of amides is 2. The van der Waals surface area contributed by atoms with Crippen molar-refractivity contribution in [1.29, 1.82) is 0 Å². The van der Waals surface area contributed by atoms with E-state index in [1.54, 1.807) is 17.0 Å². The van der Waals surface area contributed by atoms with Crippen molar-refractivity contribution in [1.82, 2.24) is 20.4 Å². The topological polar surface area (TPSA) is 81.2 Å². The highest BCUT2D eigenvalue weighted by Crippen LogP contribution is 2.34. The molecule has 1 aromatic carbocycles. The third-order valence-corrected chi connectivity index (χ3v) is 5.11. The van der Waals surface area contributed by atoms with Crippen LogP contribution in [0.4, 0.5) is 9.18 Å². The summed E-state index contributed by atoms with van der Waals surface area (Å²) in [6.45, 7) is 0.246. The molecule has 3 N–H and O–H groups in total. The second kappa shape index (κ2) is 6.48. The summed E-state index contributed by atoms with van der Waals surface area (Å²) in [7, 11) is 0. The standard InChI is InChI=1S/C18H21FN4O2/c19-13-5-1-3-11(7-13)16-8-14(24)10-23(16)18(25)21-15-6-2-4-12-9-20-22-17(12)15/h1,3,5,7,9,14-16,24H,2,4,6,8,10H2,(H,20,22)(H,21,25)/t14-,15-,16-/m1/s1. The summed E-state index contributed by atoms with van der Waals surface area (Å²) in [4.78, 5) is 14.4. The second-order valence-corrected chi connectivity index (χ2v) is 6.82. The Balaban J connectivity index is 1.53. The van der Waals surface area contributed by atoms with Gasteiger partial charge in [0.2, 0.25) is 0 Å². The van der Waals surface area contributed by atoms with Crippen molar-refractivity contribution in [2.24, 2.45) is 0 Å². The molecular weight excluding hydrogens is 323 g/mol. The fourth-order valence-corrected chi connectivity index (χ4v) is 3.91. The normalized spacial score (nSPS) is 25.7. The fraction of sp³-hybridized carbons (Fsp3) is 0.444. The number of carbonyl (C=O) groups excluding carboxylic acids is 1. The zero-order valence-electron chi connectivity index (χ0n) is 13.8. The molecule has 1 saturated heterocycles. The lowest BCUT2D eigenvalue weighted by Crippen LogP contribution is -2.42. The van der Waals surface area contributed by atoms with Crippen LogP contribution in [-0.2, 0) is 6.42 Å². The van der Waals surface area contributed by atoms with Crippen molar-refractivity contribution < 1.29 is 14.3 Å². The number of carbonyl (C=O) groups is 1. The molecule has 132 valence electrons. The molecule has 0 unspecified atom stereocenters. The van der Waals surface area contributed by atoms with Gasteiger partial charge in [-0.15, -0.1) is 0 Å². The quantitative estimate of drug-likeness (QED) is 0.783. The van der Waals surface area contributed by atoms with E-state index in [-0.39, 0.29) is 30.5 Å². The molecule has 0 spiro atoms. The average Bonchev–Trinajstić information content (AvgIpc) is 3.22. The summed E-state index contributed by atoms with van der Waals surface area (Å²) in [5, 5.41) is 20.1. The van der Waals surface area contributed by atoms with Crippen LogP contribution in [0, 0.1) is 5.82 Å². The summed E-state index contributed by atoms with van der Waals surface area (Å²) in [6, 6.07) is 5.55. The molecule has 2 aromatic rings. The first-order chi connectivity index (χ1) is 12.1. The number of hydrogen-bond acceptors (Lipinski definition) is 3. The van der Waals surface area contributed by atoms with Crippen LogP contribution in [0.5, 0.6) is 0 Å². The molecule has 6 nitrogen and oxygen atoms in total. The number of likely N-dealkylation sites (tertiary alicyclic amines) is 1. The predicted octanol–water partition coefficient (Wildman–Crippen LogP) is 2.44. The van der Waals surface area contributed by atoms with Gasteiger partial charge in [-0.25, -0.2) is 9.18 Å². The molecule has 1 aliphatic heterocycles. The number of H-pyrrole nitrogens is 1. The van der Waals surface area contributed by atoms with Gasteiger partial charge in [0.05, 0.1) is 30.1 Å². The zero-order valence-corrected chi connectivity index (χ0v) is 13.8. The molecule has 1 aromatic heterocycles. The van der Waals surface area contributed by atoms with E-state index in [1.165, 1.54) is 12.1 Å². The minimum atomic E-state index is -0.604. The van der Waals surface area contributed by atoms with E-state index in [0.717, 1.165) is 30.5 Å². The van der Waals surface area contributed by atoms with Gasteiger partial charge >= 0.3 is 6.03 Å². The van der Waals surface area contributed by atoms with Crippen LogP contribution in [0.3, 0.4) is 0 Å². The first-order valence-electron chi connectivity index (χ1n) is 8.64. The lowest BCUT2D eigenvalue weighted by atomic mass is 9.94. The summed E-state index contributed by atoms with van der Waals surface area (Å²) < 4.78 is 13.6. The largest absolute Gasteiger partial charge is 0.391 e. The zero-order chi connectivity index (χ0) is 17.4. The summed E-state index contributed by atoms with van der Waals surface area (Å²) in [6.07, 6.45) is 4.43. The molecule has 4 rings (SSSR count). The number of rotatable bonds is 2. The number of aliphatic hydroxyl groups is 1. The molecule has 7 heteroatoms. The lowest BCUT2D eigenvalue weighted by molar-refractivity contribution is 0.166. The van der Waals surface area contributed by atoms with Gasteiger partial charge in [-0.2, -0.15) is 5.10 Å². The molecule has 0 saturated carbocycles. The first-order valence-corrected chi connectivity index (χ1v) is 8.64. The maximum atomic E-state index is 13.6. The Morgan fingerprint density at radius 3 is 3.16 bits per heavy atom. The predicted molar refractivity (Wildman–Crippen MR) is 89.3 cm³/mol. The van der Waals surface area contributed by atoms with E-state index in [2.05, 4.69) is 15.5 Å². The summed E-state index contributed by atoms with van der Waals surface area (Å²) >= 11 is 0. The SMILES string of the molecule is O=C(N[C@@H]1CCCc2cn[nH]c21)N1C[C@H](O)C[C@@H]1c1cccc(F)c1. The smallest absolute Gasteiger partial charge is 0.318 e. The summed E-state index contributed by atoms with van der Waals surface area (Å²) in [5.74, 6) is -0.339. The minimum Gasteiger partial charge on any atom is -0.391 e. The van der Waals surface area contributed by atoms with Gasteiger partial charge in [-0.05, 0) is 48.9 Å². The Hall–Kier alpha value is -2.41. The van der Waals surface area contributed by atoms with E-state index < -0.39 is 6.10 Å². The molecule has 1 aliphatic carbocycles. The Morgan fingerprint density at radius 2 is 2.32 bits per heavy atom. The van der Waals surface area contributed by atoms with Crippen LogP contribution in [-0.4, -0.2) is 38.9 Å². The Labute approximate surface area is 145 Å². The van der Waals surface area contributed by atoms with Gasteiger partial charge in [0, 0.05) is 6.54 Å². The fourth-order valence-electron chi connectivity index (χ4n) is 3.91. The monoisotopic (exact) mass is 344 g/mol. The number of nitrogens with zero attached hydrogens (tertiary/aromatic N) is 2. The molecule has 25 heavy (non-hydrogen) atoms. The van der Waals surface area contributed by atoms with Crippen molar-refractivity contribution >= 4 is 6.03 Å². The molecular formula is C18H21FN4O2. The molecule has 1 fully saturated rings. The second-order valence-electron chi connectivity index (χ2n) is 6.82. The van der Waals surface area contributed by atoms with Crippen LogP contribution >= 0.6 is 0 Å². The number of aryl methyl sites for hydroxylation is 1. The first kappa shape index (κ1) is 16.1. The van der Waals surface area contributed by atoms with Crippen LogP contribution in [0.1, 0.15) is 48.2 Å². The number of urea groups is 1. The number of aliphatic hydroxyl groups excluding tert-OH is 1. The van der Waals surface area contributed by atoms with Gasteiger partial charge in [0.1, 0.15) is 5.82 Å². The van der Waals surface area contributed by atoms with Crippen molar-refractivity contribution in [3.63, 3.8) is 0 Å². The van der Waals surface area contributed by atoms with Crippen molar-refractivity contribution in [3.05, 3.63) is 53.1 Å². The Morgan fingerprint density at radius 1 is 1.44 bits per heavy atom. The maximum Gasteiger partial charge on any atom is 0.318 e. The van der Waals surface area contributed by atoms with E-state index in [1.807, 2.05) is 6.20 Å². The minimum absolute atomic E-state index is 0.107. The number of halogens is 1. The number of aromatic nitrogens is 2. The van der Waals surface area contributed by atoms with Gasteiger partial charge in [0.25, 0.3) is 0 Å². The molecule has 2 heterocycles. The summed E-state index contributed by atoms with van der Waals surface area (Å²) in [5.41, 5.74) is 2.80. The van der Waals surface area contributed by atoms with Crippen LogP contribution in [0.25, 0.3) is 0 Å². The number of hydrogen-bond donors (Lipinski definition) is 3. The number of nitrogens with one attached hydrogen (secondary N) is 2. The molecule has 2 amide bonds. The third-order valence-electron chi connectivity index (χ3n) is 5.11. The number of aromatic amines is 1. The molecule has 0 radical (unpaired) electrons. The van der Waals surface area contributed by atoms with Crippen molar-refractivity contribution in [3.8, 4) is 0 Å². The van der Waals surface area contributed by atoms with Crippen molar-refractivity contribution in [2.45, 2.75) is 43.9 Å². The number of β-amino-alcohol motifs (C(OH)–C–C–N with tert-alkyl or cyclic N) is 1. The average molecular weight is 344 g/mol. The van der Waals surface area contributed by atoms with E-state index in [0.29, 0.717) is 12.0 Å². The van der Waals surface area contributed by atoms with Crippen molar-refractivity contribution in [2.75, 3.05) is 6.54 Å². The molecule has 3 atom stereocenters. The van der Waals surface area contributed by atoms with E-state index in [9.17, 15) is 14.3 Å². The van der Waals surface area contributed by atoms with Gasteiger partial charge < -0.3 is 15.3 Å². The van der Waals surface area contributed by atoms with Crippen LogP contribution in [0.15, 0.2) is 30.5 Å². The maximum absolute atomic E-state index is 13.6. The Bertz CT molecular complexity index is 778. The highest BCUT2D eigenvalue weighted by molar-refractivity contribution is 5.76. The van der Waals surface area contributed by atoms with Crippen LogP contribution in [0.2, 0.25) is 0 Å². The third kappa shape index (κ3) is 3.11. The highest BCUT2D eigenvalue weighted by Gasteiger charge is 2.37. The van der Waals surface area contributed by atoms with E-state index >= 15 is 0 Å². The van der Waals surface area contributed by atoms with Gasteiger partial charge in [0.15, 0.2) is 0 Å². The molecule has 0 bridgehead atoms. The molecule has 2 aliphatic rings. The van der Waals surface area contributed by atoms with Gasteiger partial charge in [-0.1, -0.05) is 12.1 Å². The van der Waals surface area contributed by atoms with Gasteiger partial charge in [-0.3, -0.25) is 5.10 Å². The Kier molecular flexibility index (Phi) is 4.17. The highest BCUT2D eigenvalue weighted by atomic mass is 19.1. The number of benzene rings is 1. The van der Waals surface area contributed by atoms with E-state index in [4.69, 9.17) is 0 Å². The van der Waals surface area contributed by atoms with Crippen LogP contribution < -0.4 is 5.32 Å². The lowest BCUT2D eigenvalue weighted by Gasteiger charge is -2.29.